The van der Waals surface area contributed by atoms with Crippen molar-refractivity contribution in [2.75, 3.05) is 12.3 Å². The molecule has 154 valence electrons. The minimum atomic E-state index is -0.186. The smallest absolute Gasteiger partial charge is 0.244 e. The summed E-state index contributed by atoms with van der Waals surface area (Å²) in [4.78, 5) is 16.6. The van der Waals surface area contributed by atoms with Gasteiger partial charge in [0.2, 0.25) is 5.91 Å². The molecule has 0 saturated carbocycles. The Labute approximate surface area is 183 Å². The predicted molar refractivity (Wildman–Crippen MR) is 123 cm³/mol. The molecule has 1 amide bonds. The lowest BCUT2D eigenvalue weighted by atomic mass is 10.1. The Morgan fingerprint density at radius 2 is 1.97 bits per heavy atom. The van der Waals surface area contributed by atoms with E-state index in [9.17, 15) is 10.1 Å². The molecule has 2 heterocycles. The first kappa shape index (κ1) is 20.3. The molecule has 0 atom stereocenters. The van der Waals surface area contributed by atoms with E-state index in [4.69, 9.17) is 5.73 Å². The van der Waals surface area contributed by atoms with Gasteiger partial charge in [-0.15, -0.1) is 11.3 Å². The highest BCUT2D eigenvalue weighted by molar-refractivity contribution is 7.19. The maximum absolute atomic E-state index is 12.1. The van der Waals surface area contributed by atoms with E-state index >= 15 is 0 Å². The number of para-hydroxylation sites is 2. The lowest BCUT2D eigenvalue weighted by Crippen LogP contribution is -2.22. The Morgan fingerprint density at radius 1 is 1.19 bits per heavy atom. The molecular formula is C23H20N6OS. The second kappa shape index (κ2) is 9.24. The van der Waals surface area contributed by atoms with Crippen LogP contribution in [0.25, 0.3) is 22.0 Å². The third kappa shape index (κ3) is 4.63. The minimum Gasteiger partial charge on any atom is -0.382 e. The van der Waals surface area contributed by atoms with Gasteiger partial charge in [-0.25, -0.2) is 9.67 Å². The zero-order chi connectivity index (χ0) is 21.6. The van der Waals surface area contributed by atoms with Gasteiger partial charge in [0, 0.05) is 12.6 Å². The Kier molecular flexibility index (Phi) is 6.05. The van der Waals surface area contributed by atoms with Crippen LogP contribution in [0.5, 0.6) is 0 Å². The Hall–Kier alpha value is -3.96. The van der Waals surface area contributed by atoms with Crippen LogP contribution < -0.4 is 11.1 Å². The fourth-order valence-corrected chi connectivity index (χ4v) is 4.05. The number of nitrogens with one attached hydrogen (secondary N) is 1. The average molecular weight is 429 g/mol. The maximum atomic E-state index is 12.1. The number of nitrogens with two attached hydrogens (primary N) is 1. The van der Waals surface area contributed by atoms with E-state index in [1.807, 2.05) is 54.6 Å². The Balaban J connectivity index is 1.32. The average Bonchev–Trinajstić information content (AvgIpc) is 3.36. The number of nitrogens with zero attached hydrogens (tertiary/aromatic N) is 4. The van der Waals surface area contributed by atoms with Crippen LogP contribution in [0.15, 0.2) is 60.7 Å². The number of thiazole rings is 1. The second-order valence-corrected chi connectivity index (χ2v) is 7.88. The monoisotopic (exact) mass is 428 g/mol. The molecule has 4 rings (SSSR count). The lowest BCUT2D eigenvalue weighted by molar-refractivity contribution is -0.116. The van der Waals surface area contributed by atoms with Crippen LogP contribution in [0.2, 0.25) is 0 Å². The van der Waals surface area contributed by atoms with Crippen molar-refractivity contribution in [3.63, 3.8) is 0 Å². The number of anilines is 1. The number of hydrogen-bond donors (Lipinski definition) is 2. The van der Waals surface area contributed by atoms with Gasteiger partial charge < -0.3 is 11.1 Å². The zero-order valence-corrected chi connectivity index (χ0v) is 17.5. The molecule has 0 fully saturated rings. The molecule has 4 aromatic rings. The van der Waals surface area contributed by atoms with Gasteiger partial charge in [0.05, 0.1) is 21.6 Å². The van der Waals surface area contributed by atoms with Crippen LogP contribution in [0, 0.1) is 11.3 Å². The highest BCUT2D eigenvalue weighted by Gasteiger charge is 2.16. The van der Waals surface area contributed by atoms with Gasteiger partial charge in [0.15, 0.2) is 0 Å². The SMILES string of the molecule is N#Cc1c(CCCNC(=O)/C=C/c2nc3ccccc3s2)nn(-c2ccccc2)c1N. The van der Waals surface area contributed by atoms with Gasteiger partial charge in [-0.05, 0) is 43.2 Å². The quantitative estimate of drug-likeness (QED) is 0.345. The zero-order valence-electron chi connectivity index (χ0n) is 16.7. The molecule has 0 bridgehead atoms. The summed E-state index contributed by atoms with van der Waals surface area (Å²) in [6, 6.07) is 19.4. The molecule has 0 aliphatic carbocycles. The maximum Gasteiger partial charge on any atom is 0.244 e. The topological polar surface area (TPSA) is 110 Å². The molecule has 3 N–H and O–H groups in total. The fraction of sp³-hybridized carbons (Fsp3) is 0.130. The number of rotatable bonds is 7. The van der Waals surface area contributed by atoms with E-state index in [1.54, 1.807) is 10.8 Å². The van der Waals surface area contributed by atoms with Gasteiger partial charge in [-0.1, -0.05) is 30.3 Å². The summed E-state index contributed by atoms with van der Waals surface area (Å²) in [6.45, 7) is 0.464. The first-order chi connectivity index (χ1) is 15.2. The number of aryl methyl sites for hydroxylation is 1. The number of nitrogen functional groups attached to an aromatic ring is 1. The Bertz CT molecular complexity index is 1250. The summed E-state index contributed by atoms with van der Waals surface area (Å²) < 4.78 is 2.66. The molecule has 0 radical (unpaired) electrons. The third-order valence-corrected chi connectivity index (χ3v) is 5.69. The molecular weight excluding hydrogens is 408 g/mol. The van der Waals surface area contributed by atoms with Crippen LogP contribution in [0.1, 0.15) is 22.7 Å². The number of carbonyl (C=O) groups is 1. The third-order valence-electron chi connectivity index (χ3n) is 4.68. The first-order valence-electron chi connectivity index (χ1n) is 9.80. The standard InChI is InChI=1S/C23H20N6OS/c24-15-17-18(28-29(23(17)25)16-7-2-1-3-8-16)10-6-14-26-21(30)12-13-22-27-19-9-4-5-11-20(19)31-22/h1-5,7-9,11-13H,6,10,14,25H2,(H,26,30)/b13-12+. The molecule has 0 saturated heterocycles. The van der Waals surface area contributed by atoms with Gasteiger partial charge >= 0.3 is 0 Å². The van der Waals surface area contributed by atoms with Gasteiger partial charge in [0.1, 0.15) is 22.5 Å². The summed E-state index contributed by atoms with van der Waals surface area (Å²) in [7, 11) is 0. The summed E-state index contributed by atoms with van der Waals surface area (Å²) in [5.41, 5.74) is 8.85. The number of benzene rings is 2. The number of amides is 1. The van der Waals surface area contributed by atoms with Crippen LogP contribution in [0.4, 0.5) is 5.82 Å². The predicted octanol–water partition coefficient (Wildman–Crippen LogP) is 3.70. The van der Waals surface area contributed by atoms with Crippen molar-refractivity contribution in [1.82, 2.24) is 20.1 Å². The number of aromatic nitrogens is 3. The van der Waals surface area contributed by atoms with E-state index in [2.05, 4.69) is 21.5 Å². The van der Waals surface area contributed by atoms with E-state index in [-0.39, 0.29) is 5.91 Å². The summed E-state index contributed by atoms with van der Waals surface area (Å²) in [5, 5.41) is 17.6. The molecule has 7 nitrogen and oxygen atoms in total. The molecule has 0 aliphatic rings. The number of hydrogen-bond acceptors (Lipinski definition) is 6. The van der Waals surface area contributed by atoms with Gasteiger partial charge in [0.25, 0.3) is 0 Å². The molecule has 0 unspecified atom stereocenters. The van der Waals surface area contributed by atoms with Crippen molar-refractivity contribution in [3.8, 4) is 11.8 Å². The summed E-state index contributed by atoms with van der Waals surface area (Å²) >= 11 is 1.54. The summed E-state index contributed by atoms with van der Waals surface area (Å²) in [6.07, 6.45) is 4.38. The first-order valence-corrected chi connectivity index (χ1v) is 10.6. The largest absolute Gasteiger partial charge is 0.382 e. The number of nitriles is 1. The van der Waals surface area contributed by atoms with Gasteiger partial charge in [-0.3, -0.25) is 4.79 Å². The van der Waals surface area contributed by atoms with E-state index in [0.717, 1.165) is 20.9 Å². The van der Waals surface area contributed by atoms with Crippen molar-refractivity contribution in [1.29, 1.82) is 5.26 Å². The highest BCUT2D eigenvalue weighted by Crippen LogP contribution is 2.23. The minimum absolute atomic E-state index is 0.186. The normalized spacial score (nSPS) is 11.1. The fourth-order valence-electron chi connectivity index (χ4n) is 3.18. The summed E-state index contributed by atoms with van der Waals surface area (Å²) in [5.74, 6) is 0.139. The van der Waals surface area contributed by atoms with Crippen LogP contribution in [0.3, 0.4) is 0 Å². The molecule has 0 spiro atoms. The second-order valence-electron chi connectivity index (χ2n) is 6.81. The van der Waals surface area contributed by atoms with Crippen molar-refractivity contribution in [3.05, 3.63) is 76.9 Å². The van der Waals surface area contributed by atoms with Crippen LogP contribution >= 0.6 is 11.3 Å². The van der Waals surface area contributed by atoms with Crippen LogP contribution in [-0.2, 0) is 11.2 Å². The number of fused-ring (bicyclic) bond motifs is 1. The Morgan fingerprint density at radius 3 is 2.74 bits per heavy atom. The lowest BCUT2D eigenvalue weighted by Gasteiger charge is -2.02. The van der Waals surface area contributed by atoms with E-state index < -0.39 is 0 Å². The molecule has 31 heavy (non-hydrogen) atoms. The van der Waals surface area contributed by atoms with E-state index in [1.165, 1.54) is 17.4 Å². The van der Waals surface area contributed by atoms with Crippen LogP contribution in [-0.4, -0.2) is 27.2 Å². The van der Waals surface area contributed by atoms with Gasteiger partial charge in [-0.2, -0.15) is 10.4 Å². The molecule has 2 aromatic carbocycles. The number of carbonyl (C=O) groups excluding carboxylic acids is 1. The molecule has 0 aliphatic heterocycles. The highest BCUT2D eigenvalue weighted by atomic mass is 32.1. The molecule has 8 heteroatoms. The molecule has 2 aromatic heterocycles. The van der Waals surface area contributed by atoms with Crippen molar-refractivity contribution >= 4 is 39.4 Å². The van der Waals surface area contributed by atoms with Crippen molar-refractivity contribution in [2.45, 2.75) is 12.8 Å². The van der Waals surface area contributed by atoms with Crippen molar-refractivity contribution in [2.24, 2.45) is 0 Å². The van der Waals surface area contributed by atoms with Crippen molar-refractivity contribution < 1.29 is 4.79 Å². The van der Waals surface area contributed by atoms with E-state index in [0.29, 0.717) is 36.5 Å².